The molecule has 0 radical (unpaired) electrons. The van der Waals surface area contributed by atoms with Gasteiger partial charge < -0.3 is 4.90 Å². The van der Waals surface area contributed by atoms with Gasteiger partial charge in [0.15, 0.2) is 15.6 Å². The van der Waals surface area contributed by atoms with E-state index >= 15 is 0 Å². The van der Waals surface area contributed by atoms with E-state index in [0.717, 1.165) is 32.4 Å². The Morgan fingerprint density at radius 1 is 0.788 bits per heavy atom. The van der Waals surface area contributed by atoms with Crippen LogP contribution in [0, 0.1) is 0 Å². The highest BCUT2D eigenvalue weighted by Gasteiger charge is 2.37. The molecule has 14 heteroatoms. The molecule has 0 aliphatic carbocycles. The average Bonchev–Trinajstić information content (AvgIpc) is 3.79. The summed E-state index contributed by atoms with van der Waals surface area (Å²) in [6.45, 7) is -0.0508. The Bertz CT molecular complexity index is 2410. The number of amides is 3. The molecule has 4 heterocycles. The fraction of sp³-hybridized carbons (Fsp3) is 0.132. The lowest BCUT2D eigenvalue weighted by Crippen LogP contribution is -2.37. The zero-order valence-electron chi connectivity index (χ0n) is 28.0. The fourth-order valence-electron chi connectivity index (χ4n) is 5.85. The minimum Gasteiger partial charge on any atom is -0.378 e. The number of hydrogen-bond acceptors (Lipinski definition) is 11. The van der Waals surface area contributed by atoms with Gasteiger partial charge in [0.25, 0.3) is 17.8 Å². The first-order valence-electron chi connectivity index (χ1n) is 16.3. The number of thioether (sulfide) groups is 1. The highest BCUT2D eigenvalue weighted by Crippen LogP contribution is 2.34. The molecule has 2 aliphatic heterocycles. The van der Waals surface area contributed by atoms with Crippen LogP contribution in [-0.2, 0) is 9.63 Å². The number of nitrogens with zero attached hydrogens (tertiary/aromatic N) is 8. The van der Waals surface area contributed by atoms with Crippen molar-refractivity contribution in [2.24, 2.45) is 9.98 Å². The minimum absolute atomic E-state index is 0.0573. The van der Waals surface area contributed by atoms with Crippen LogP contribution in [0.2, 0.25) is 0 Å². The van der Waals surface area contributed by atoms with Crippen LogP contribution < -0.4 is 9.70 Å². The van der Waals surface area contributed by atoms with Crippen LogP contribution in [0.25, 0.3) is 27.3 Å². The molecular weight excluding hydrogens is 697 g/mol. The summed E-state index contributed by atoms with van der Waals surface area (Å²) in [5.74, 6) is -0.934. The first kappa shape index (κ1) is 33.2. The molecule has 0 atom stereocenters. The summed E-state index contributed by atoms with van der Waals surface area (Å²) in [4.78, 5) is 68.3. The molecule has 0 N–H and O–H groups in total. The number of hydrogen-bond donors (Lipinski definition) is 0. The van der Waals surface area contributed by atoms with Gasteiger partial charge in [-0.2, -0.15) is 9.98 Å². The van der Waals surface area contributed by atoms with Crippen molar-refractivity contribution < 1.29 is 19.2 Å². The third kappa shape index (κ3) is 6.27. The fourth-order valence-corrected chi connectivity index (χ4v) is 7.86. The molecule has 12 nitrogen and oxygen atoms in total. The Kier molecular flexibility index (Phi) is 8.93. The topological polar surface area (TPSA) is 126 Å². The molecule has 52 heavy (non-hydrogen) atoms. The summed E-state index contributed by atoms with van der Waals surface area (Å²) >= 11 is 2.75. The number of thiazole rings is 1. The summed E-state index contributed by atoms with van der Waals surface area (Å²) in [5, 5.41) is 1.14. The van der Waals surface area contributed by atoms with Gasteiger partial charge in [-0.15, -0.1) is 5.06 Å². The van der Waals surface area contributed by atoms with E-state index in [1.165, 1.54) is 28.0 Å². The molecule has 1 saturated heterocycles. The van der Waals surface area contributed by atoms with Gasteiger partial charge in [0.1, 0.15) is 4.70 Å². The van der Waals surface area contributed by atoms with Crippen LogP contribution in [0.5, 0.6) is 0 Å². The molecule has 2 aliphatic rings. The normalized spacial score (nSPS) is 15.4. The van der Waals surface area contributed by atoms with E-state index in [4.69, 9.17) is 24.8 Å². The van der Waals surface area contributed by atoms with Gasteiger partial charge in [0, 0.05) is 31.0 Å². The van der Waals surface area contributed by atoms with E-state index in [1.54, 1.807) is 24.3 Å². The number of carbonyl (C=O) groups excluding carboxylic acids is 3. The van der Waals surface area contributed by atoms with Crippen LogP contribution in [0.15, 0.2) is 119 Å². The number of amidine groups is 1. The number of hydroxylamine groups is 2. The summed E-state index contributed by atoms with van der Waals surface area (Å²) in [5.41, 5.74) is 5.42. The molecule has 1 fully saturated rings. The monoisotopic (exact) mass is 726 g/mol. The van der Waals surface area contributed by atoms with Crippen molar-refractivity contribution in [1.82, 2.24) is 24.5 Å². The molecule has 0 saturated carbocycles. The molecule has 2 aromatic heterocycles. The van der Waals surface area contributed by atoms with Gasteiger partial charge in [0.2, 0.25) is 5.91 Å². The smallest absolute Gasteiger partial charge is 0.285 e. The third-order valence-corrected chi connectivity index (χ3v) is 10.4. The number of anilines is 1. The minimum atomic E-state index is -0.537. The number of fused-ring (bicyclic) bond motifs is 2. The Morgan fingerprint density at radius 3 is 2.12 bits per heavy atom. The van der Waals surface area contributed by atoms with Crippen molar-refractivity contribution in [2.45, 2.75) is 0 Å². The maximum Gasteiger partial charge on any atom is 0.285 e. The molecule has 6 aromatic rings. The summed E-state index contributed by atoms with van der Waals surface area (Å²) < 4.78 is 2.82. The Balaban J connectivity index is 1.20. The molecule has 0 unspecified atom stereocenters. The van der Waals surface area contributed by atoms with Crippen molar-refractivity contribution in [2.75, 3.05) is 37.9 Å². The van der Waals surface area contributed by atoms with E-state index in [1.807, 2.05) is 108 Å². The lowest BCUT2D eigenvalue weighted by Gasteiger charge is -2.18. The number of rotatable bonds is 9. The van der Waals surface area contributed by atoms with Crippen LogP contribution >= 0.6 is 23.1 Å². The Labute approximate surface area is 306 Å². The number of benzene rings is 4. The zero-order valence-corrected chi connectivity index (χ0v) is 29.7. The highest BCUT2D eigenvalue weighted by molar-refractivity contribution is 8.15. The van der Waals surface area contributed by atoms with Gasteiger partial charge in [0.05, 0.1) is 41.4 Å². The zero-order chi connectivity index (χ0) is 35.8. The van der Waals surface area contributed by atoms with E-state index in [9.17, 15) is 14.4 Å². The second-order valence-corrected chi connectivity index (χ2v) is 13.9. The number of aromatic nitrogens is 3. The van der Waals surface area contributed by atoms with Gasteiger partial charge in [-0.25, -0.2) is 9.98 Å². The number of carbonyl (C=O) groups is 3. The molecular formula is C38H30N8O4S2. The number of para-hydroxylation sites is 2. The second-order valence-electron chi connectivity index (χ2n) is 12.0. The van der Waals surface area contributed by atoms with Gasteiger partial charge >= 0.3 is 0 Å². The standard InChI is InChI=1S/C38H30N8O4S2/c1-43(2)26-19-17-24(18-20-26)31-32-33(45(27-13-7-4-8-14-27)38(52-32)39-25-11-5-3-6-12-25)41-36(40-31)42-37-44(30(47)23-51-37)21-22-50-46-34(48)28-15-9-10-16-29(28)35(46)49/h3-20H,21-23H2,1-2H3/b39-38?,42-37-. The quantitative estimate of drug-likeness (QED) is 0.161. The molecule has 3 amide bonds. The van der Waals surface area contributed by atoms with E-state index in [-0.39, 0.29) is 41.9 Å². The number of aliphatic imine (C=N–C) groups is 1. The maximum absolute atomic E-state index is 13.1. The third-order valence-electron chi connectivity index (χ3n) is 8.43. The van der Waals surface area contributed by atoms with Crippen LogP contribution in [0.1, 0.15) is 20.7 Å². The first-order chi connectivity index (χ1) is 25.4. The molecule has 0 bridgehead atoms. The van der Waals surface area contributed by atoms with Crippen molar-refractivity contribution >= 4 is 73.7 Å². The van der Waals surface area contributed by atoms with Crippen molar-refractivity contribution in [1.29, 1.82) is 0 Å². The SMILES string of the molecule is CN(C)c1ccc(-c2nc(/N=C3\SCC(=O)N3CCON3C(=O)c4ccccc4C3=O)nc3c2sc(=Nc2ccccc2)n3-c2ccccc2)cc1. The highest BCUT2D eigenvalue weighted by atomic mass is 32.2. The van der Waals surface area contributed by atoms with Gasteiger partial charge in [-0.3, -0.25) is 28.7 Å². The lowest BCUT2D eigenvalue weighted by atomic mass is 10.1. The second kappa shape index (κ2) is 14.0. The summed E-state index contributed by atoms with van der Waals surface area (Å²) in [7, 11) is 3.98. The predicted octanol–water partition coefficient (Wildman–Crippen LogP) is 6.24. The molecule has 4 aromatic carbocycles. The Morgan fingerprint density at radius 2 is 1.44 bits per heavy atom. The van der Waals surface area contributed by atoms with Crippen molar-refractivity contribution in [3.63, 3.8) is 0 Å². The van der Waals surface area contributed by atoms with Crippen LogP contribution in [-0.4, -0.2) is 80.4 Å². The summed E-state index contributed by atoms with van der Waals surface area (Å²) in [6, 6.07) is 34.3. The van der Waals surface area contributed by atoms with Gasteiger partial charge in [-0.1, -0.05) is 83.8 Å². The van der Waals surface area contributed by atoms with Crippen LogP contribution in [0.4, 0.5) is 17.3 Å². The summed E-state index contributed by atoms with van der Waals surface area (Å²) in [6.07, 6.45) is 0. The van der Waals surface area contributed by atoms with Crippen LogP contribution in [0.3, 0.4) is 0 Å². The Hall–Kier alpha value is -5.96. The molecule has 0 spiro atoms. The van der Waals surface area contributed by atoms with Crippen molar-refractivity contribution in [3.8, 4) is 16.9 Å². The average molecular weight is 727 g/mol. The van der Waals surface area contributed by atoms with Crippen molar-refractivity contribution in [3.05, 3.63) is 125 Å². The number of imide groups is 1. The van der Waals surface area contributed by atoms with E-state index in [0.29, 0.717) is 21.3 Å². The first-order valence-corrected chi connectivity index (χ1v) is 18.1. The largest absolute Gasteiger partial charge is 0.378 e. The molecule has 258 valence electrons. The molecule has 8 rings (SSSR count). The predicted molar refractivity (Wildman–Crippen MR) is 202 cm³/mol. The lowest BCUT2D eigenvalue weighted by molar-refractivity contribution is -0.127. The van der Waals surface area contributed by atoms with Gasteiger partial charge in [-0.05, 0) is 48.5 Å². The van der Waals surface area contributed by atoms with E-state index in [2.05, 4.69) is 0 Å². The maximum atomic E-state index is 13.1. The van der Waals surface area contributed by atoms with E-state index < -0.39 is 11.8 Å².